The van der Waals surface area contributed by atoms with Crippen molar-refractivity contribution in [3.8, 4) is 0 Å². The van der Waals surface area contributed by atoms with Crippen molar-refractivity contribution in [1.82, 2.24) is 0 Å². The minimum Gasteiger partial charge on any atom is -0.461 e. The second-order valence-electron chi connectivity index (χ2n) is 2.46. The molecule has 82 valence electrons. The first-order valence-electron chi connectivity index (χ1n) is 3.64. The lowest BCUT2D eigenvalue weighted by molar-refractivity contribution is 0.560. The topological polar surface area (TPSA) is 47.3 Å². The number of halogens is 3. The summed E-state index contributed by atoms with van der Waals surface area (Å²) in [5, 5.41) is 0.806. The molecule has 0 unspecified atom stereocenters. The number of rotatable bonds is 0. The smallest absolute Gasteiger partial charge is 0.317 e. The van der Waals surface area contributed by atoms with Gasteiger partial charge in [0.05, 0.1) is 6.26 Å². The van der Waals surface area contributed by atoms with E-state index in [-0.39, 0.29) is 5.82 Å². The SMILES string of the molecule is Fc1cccc2ccoc12.O=S(=O)(Cl)Cl. The molecule has 0 saturated heterocycles. The lowest BCUT2D eigenvalue weighted by Crippen LogP contribution is -1.70. The molecule has 1 aromatic carbocycles. The van der Waals surface area contributed by atoms with Gasteiger partial charge in [-0.1, -0.05) is 12.1 Å². The van der Waals surface area contributed by atoms with Gasteiger partial charge >= 0.3 is 8.26 Å². The van der Waals surface area contributed by atoms with Gasteiger partial charge in [0.2, 0.25) is 0 Å². The Bertz CT molecular complexity index is 542. The van der Waals surface area contributed by atoms with E-state index in [4.69, 9.17) is 12.8 Å². The number of hydrogen-bond donors (Lipinski definition) is 0. The van der Waals surface area contributed by atoms with Crippen molar-refractivity contribution in [2.45, 2.75) is 0 Å². The first-order valence-corrected chi connectivity index (χ1v) is 6.77. The fourth-order valence-corrected chi connectivity index (χ4v) is 0.956. The molecule has 0 bridgehead atoms. The van der Waals surface area contributed by atoms with E-state index >= 15 is 0 Å². The molecule has 2 aromatic rings. The van der Waals surface area contributed by atoms with Crippen LogP contribution in [0.1, 0.15) is 0 Å². The highest BCUT2D eigenvalue weighted by atomic mass is 36.0. The highest BCUT2D eigenvalue weighted by Gasteiger charge is 2.00. The van der Waals surface area contributed by atoms with Crippen LogP contribution in [-0.4, -0.2) is 8.42 Å². The number of furan rings is 1. The molecule has 1 heterocycles. The highest BCUT2D eigenvalue weighted by Crippen LogP contribution is 2.17. The van der Waals surface area contributed by atoms with Gasteiger partial charge in [-0.15, -0.1) is 0 Å². The maximum Gasteiger partial charge on any atom is 0.317 e. The first kappa shape index (κ1) is 12.3. The lowest BCUT2D eigenvalue weighted by atomic mass is 10.2. The molecule has 0 aliphatic rings. The molecule has 0 aliphatic heterocycles. The highest BCUT2D eigenvalue weighted by molar-refractivity contribution is 8.31. The molecule has 1 aromatic heterocycles. The van der Waals surface area contributed by atoms with Gasteiger partial charge in [-0.2, -0.15) is 8.42 Å². The van der Waals surface area contributed by atoms with E-state index in [9.17, 15) is 4.39 Å². The van der Waals surface area contributed by atoms with Gasteiger partial charge in [0.15, 0.2) is 11.4 Å². The minimum atomic E-state index is -3.72. The molecule has 0 saturated carbocycles. The van der Waals surface area contributed by atoms with Gasteiger partial charge in [-0.25, -0.2) is 4.39 Å². The summed E-state index contributed by atoms with van der Waals surface area (Å²) in [6.45, 7) is 0. The zero-order chi connectivity index (χ0) is 11.5. The molecule has 0 N–H and O–H groups in total. The molecule has 0 aliphatic carbocycles. The van der Waals surface area contributed by atoms with Crippen molar-refractivity contribution in [2.24, 2.45) is 0 Å². The van der Waals surface area contributed by atoms with Crippen LogP contribution in [0, 0.1) is 5.82 Å². The molecule has 0 amide bonds. The summed E-state index contributed by atoms with van der Waals surface area (Å²) < 4.78 is 35.9. The molecule has 15 heavy (non-hydrogen) atoms. The normalized spacial score (nSPS) is 10.9. The lowest BCUT2D eigenvalue weighted by Gasteiger charge is -1.86. The fourth-order valence-electron chi connectivity index (χ4n) is 0.956. The van der Waals surface area contributed by atoms with Gasteiger partial charge < -0.3 is 4.42 Å². The minimum absolute atomic E-state index is 0.303. The second kappa shape index (κ2) is 4.83. The number of fused-ring (bicyclic) bond motifs is 1. The third-order valence-electron chi connectivity index (χ3n) is 1.43. The van der Waals surface area contributed by atoms with Gasteiger partial charge in [-0.3, -0.25) is 0 Å². The predicted octanol–water partition coefficient (Wildman–Crippen LogP) is 3.28. The van der Waals surface area contributed by atoms with Crippen molar-refractivity contribution in [3.63, 3.8) is 0 Å². The molecule has 2 rings (SSSR count). The van der Waals surface area contributed by atoms with Crippen LogP contribution in [0.2, 0.25) is 0 Å². The monoisotopic (exact) mass is 270 g/mol. The standard InChI is InChI=1S/C8H5FO.Cl2O2S/c9-7-3-1-2-6-4-5-10-8(6)7;1-5(2,3)4/h1-5H;. The Hall–Kier alpha value is -0.780. The summed E-state index contributed by atoms with van der Waals surface area (Å²) in [4.78, 5) is 0. The Morgan fingerprint density at radius 3 is 2.33 bits per heavy atom. The second-order valence-corrected chi connectivity index (χ2v) is 6.13. The van der Waals surface area contributed by atoms with Crippen molar-refractivity contribution in [1.29, 1.82) is 0 Å². The summed E-state index contributed by atoms with van der Waals surface area (Å²) in [5.74, 6) is -0.303. The van der Waals surface area contributed by atoms with Gasteiger partial charge in [0.1, 0.15) is 0 Å². The van der Waals surface area contributed by atoms with Crippen molar-refractivity contribution in [3.05, 3.63) is 36.3 Å². The summed E-state index contributed by atoms with van der Waals surface area (Å²) in [6, 6.07) is 6.58. The summed E-state index contributed by atoms with van der Waals surface area (Å²) in [7, 11) is 4.81. The van der Waals surface area contributed by atoms with Crippen LogP contribution >= 0.6 is 21.4 Å². The average molecular weight is 271 g/mol. The number of para-hydroxylation sites is 1. The molecular formula is C8H5Cl2FO3S. The van der Waals surface area contributed by atoms with E-state index in [1.165, 1.54) is 12.3 Å². The molecule has 0 spiro atoms. The van der Waals surface area contributed by atoms with Crippen LogP contribution in [0.25, 0.3) is 11.0 Å². The predicted molar refractivity (Wildman–Crippen MR) is 56.8 cm³/mol. The molecule has 7 heteroatoms. The third kappa shape index (κ3) is 4.51. The van der Waals surface area contributed by atoms with E-state index < -0.39 is 8.26 Å². The van der Waals surface area contributed by atoms with Crippen LogP contribution in [-0.2, 0) is 8.26 Å². The summed E-state index contributed by atoms with van der Waals surface area (Å²) in [6.07, 6.45) is 1.48. The molecule has 0 fully saturated rings. The zero-order valence-electron chi connectivity index (χ0n) is 7.15. The average Bonchev–Trinajstić information content (AvgIpc) is 2.49. The first-order chi connectivity index (χ1) is 6.88. The Morgan fingerprint density at radius 2 is 1.80 bits per heavy atom. The Labute approximate surface area is 94.3 Å². The maximum atomic E-state index is 12.7. The van der Waals surface area contributed by atoms with Gasteiger partial charge in [0, 0.05) is 26.8 Å². The summed E-state index contributed by atoms with van der Waals surface area (Å²) in [5.41, 5.74) is 0.336. The van der Waals surface area contributed by atoms with E-state index in [1.54, 1.807) is 12.1 Å². The van der Waals surface area contributed by atoms with E-state index in [0.29, 0.717) is 5.58 Å². The van der Waals surface area contributed by atoms with Crippen LogP contribution < -0.4 is 0 Å². The van der Waals surface area contributed by atoms with E-state index in [0.717, 1.165) is 5.39 Å². The van der Waals surface area contributed by atoms with Crippen LogP contribution in [0.3, 0.4) is 0 Å². The quantitative estimate of drug-likeness (QED) is 0.691. The maximum absolute atomic E-state index is 12.7. The van der Waals surface area contributed by atoms with Crippen molar-refractivity contribution >= 4 is 40.6 Å². The Morgan fingerprint density at radius 1 is 1.20 bits per heavy atom. The molecule has 0 atom stereocenters. The van der Waals surface area contributed by atoms with Crippen LogP contribution in [0.15, 0.2) is 34.9 Å². The van der Waals surface area contributed by atoms with E-state index in [1.807, 2.05) is 6.07 Å². The van der Waals surface area contributed by atoms with Crippen LogP contribution in [0.5, 0.6) is 0 Å². The fraction of sp³-hybridized carbons (Fsp3) is 0. The molecular weight excluding hydrogens is 266 g/mol. The largest absolute Gasteiger partial charge is 0.461 e. The number of hydrogen-bond acceptors (Lipinski definition) is 3. The summed E-state index contributed by atoms with van der Waals surface area (Å²) >= 11 is 0. The van der Waals surface area contributed by atoms with Crippen LogP contribution in [0.4, 0.5) is 4.39 Å². The van der Waals surface area contributed by atoms with Gasteiger partial charge in [-0.05, 0) is 12.1 Å². The van der Waals surface area contributed by atoms with E-state index in [2.05, 4.69) is 21.4 Å². The van der Waals surface area contributed by atoms with Gasteiger partial charge in [0.25, 0.3) is 0 Å². The Balaban J connectivity index is 0.000000195. The zero-order valence-corrected chi connectivity index (χ0v) is 9.48. The number of benzene rings is 1. The molecule has 3 nitrogen and oxygen atoms in total. The van der Waals surface area contributed by atoms with Crippen molar-refractivity contribution in [2.75, 3.05) is 0 Å². The molecule has 0 radical (unpaired) electrons. The third-order valence-corrected chi connectivity index (χ3v) is 1.43. The Kier molecular flexibility index (Phi) is 3.96. The van der Waals surface area contributed by atoms with Crippen molar-refractivity contribution < 1.29 is 17.2 Å².